The number of rotatable bonds is 6. The van der Waals surface area contributed by atoms with Crippen LogP contribution in [-0.2, 0) is 13.1 Å². The molecule has 0 saturated carbocycles. The van der Waals surface area contributed by atoms with Gasteiger partial charge in [-0.1, -0.05) is 30.7 Å². The Kier molecular flexibility index (Phi) is 5.48. The minimum absolute atomic E-state index is 0.731. The second kappa shape index (κ2) is 7.34. The predicted octanol–water partition coefficient (Wildman–Crippen LogP) is 3.95. The van der Waals surface area contributed by atoms with Crippen molar-refractivity contribution in [2.75, 3.05) is 19.4 Å². The SMILES string of the molecule is CCN(Cc1ccc(N)cc1)Cc1cc(Cl)ccc1OC. The molecular formula is C17H21ClN2O. The highest BCUT2D eigenvalue weighted by atomic mass is 35.5. The standard InChI is InChI=1S/C17H21ClN2O/c1-3-20(11-13-4-7-16(19)8-5-13)12-14-10-15(18)6-9-17(14)21-2/h4-10H,3,11-12,19H2,1-2H3. The molecule has 2 N–H and O–H groups in total. The molecule has 0 atom stereocenters. The first kappa shape index (κ1) is 15.7. The summed E-state index contributed by atoms with van der Waals surface area (Å²) in [5.74, 6) is 0.871. The lowest BCUT2D eigenvalue weighted by Gasteiger charge is -2.22. The van der Waals surface area contributed by atoms with E-state index in [0.29, 0.717) is 0 Å². The van der Waals surface area contributed by atoms with Crippen LogP contribution in [0.2, 0.25) is 5.02 Å². The number of nitrogens with two attached hydrogens (primary N) is 1. The van der Waals surface area contributed by atoms with Crippen molar-refractivity contribution < 1.29 is 4.74 Å². The van der Waals surface area contributed by atoms with Crippen LogP contribution in [0.3, 0.4) is 0 Å². The second-order valence-corrected chi connectivity index (χ2v) is 5.44. The van der Waals surface area contributed by atoms with Gasteiger partial charge in [0.1, 0.15) is 5.75 Å². The van der Waals surface area contributed by atoms with Crippen molar-refractivity contribution in [3.63, 3.8) is 0 Å². The molecule has 0 aliphatic heterocycles. The molecule has 0 spiro atoms. The Balaban J connectivity index is 2.11. The van der Waals surface area contributed by atoms with Gasteiger partial charge in [-0.05, 0) is 42.4 Å². The molecule has 0 aliphatic rings. The fraction of sp³-hybridized carbons (Fsp3) is 0.294. The van der Waals surface area contributed by atoms with Gasteiger partial charge in [-0.15, -0.1) is 0 Å². The van der Waals surface area contributed by atoms with Gasteiger partial charge in [-0.2, -0.15) is 0 Å². The minimum Gasteiger partial charge on any atom is -0.496 e. The van der Waals surface area contributed by atoms with Gasteiger partial charge in [0, 0.05) is 29.4 Å². The molecule has 4 heteroatoms. The van der Waals surface area contributed by atoms with E-state index in [1.54, 1.807) is 7.11 Å². The van der Waals surface area contributed by atoms with Gasteiger partial charge in [0.05, 0.1) is 7.11 Å². The first-order chi connectivity index (χ1) is 10.1. The summed E-state index contributed by atoms with van der Waals surface area (Å²) in [6.45, 7) is 4.76. The maximum Gasteiger partial charge on any atom is 0.123 e. The highest BCUT2D eigenvalue weighted by Gasteiger charge is 2.10. The number of nitrogens with zero attached hydrogens (tertiary/aromatic N) is 1. The van der Waals surface area contributed by atoms with Gasteiger partial charge >= 0.3 is 0 Å². The van der Waals surface area contributed by atoms with Crippen molar-refractivity contribution in [1.82, 2.24) is 4.90 Å². The zero-order chi connectivity index (χ0) is 15.2. The molecule has 2 rings (SSSR count). The van der Waals surface area contributed by atoms with Gasteiger partial charge in [0.2, 0.25) is 0 Å². The van der Waals surface area contributed by atoms with Crippen molar-refractivity contribution in [3.05, 3.63) is 58.6 Å². The van der Waals surface area contributed by atoms with Gasteiger partial charge in [-0.25, -0.2) is 0 Å². The molecule has 2 aromatic carbocycles. The maximum absolute atomic E-state index is 6.09. The third kappa shape index (κ3) is 4.38. The van der Waals surface area contributed by atoms with E-state index in [1.807, 2.05) is 30.3 Å². The summed E-state index contributed by atoms with van der Waals surface area (Å²) in [5, 5.41) is 0.731. The van der Waals surface area contributed by atoms with Crippen LogP contribution < -0.4 is 10.5 Å². The lowest BCUT2D eigenvalue weighted by Crippen LogP contribution is -2.22. The number of methoxy groups -OCH3 is 1. The Bertz CT molecular complexity index is 584. The molecule has 0 bridgehead atoms. The topological polar surface area (TPSA) is 38.5 Å². The van der Waals surface area contributed by atoms with E-state index < -0.39 is 0 Å². The van der Waals surface area contributed by atoms with Crippen LogP contribution in [0.5, 0.6) is 5.75 Å². The van der Waals surface area contributed by atoms with Crippen LogP contribution in [0.1, 0.15) is 18.1 Å². The van der Waals surface area contributed by atoms with Crippen LogP contribution in [0, 0.1) is 0 Å². The number of nitrogen functional groups attached to an aromatic ring is 1. The summed E-state index contributed by atoms with van der Waals surface area (Å²) in [5.41, 5.74) is 8.86. The highest BCUT2D eigenvalue weighted by molar-refractivity contribution is 6.30. The number of ether oxygens (including phenoxy) is 1. The number of anilines is 1. The summed E-state index contributed by atoms with van der Waals surface area (Å²) < 4.78 is 5.41. The lowest BCUT2D eigenvalue weighted by atomic mass is 10.1. The summed E-state index contributed by atoms with van der Waals surface area (Å²) in [4.78, 5) is 2.33. The smallest absolute Gasteiger partial charge is 0.123 e. The quantitative estimate of drug-likeness (QED) is 0.821. The van der Waals surface area contributed by atoms with E-state index >= 15 is 0 Å². The van der Waals surface area contributed by atoms with Gasteiger partial charge in [-0.3, -0.25) is 4.90 Å². The van der Waals surface area contributed by atoms with E-state index in [-0.39, 0.29) is 0 Å². The molecule has 0 fully saturated rings. The Labute approximate surface area is 131 Å². The van der Waals surface area contributed by atoms with Crippen molar-refractivity contribution in [2.24, 2.45) is 0 Å². The van der Waals surface area contributed by atoms with Crippen LogP contribution in [0.15, 0.2) is 42.5 Å². The molecule has 0 radical (unpaired) electrons. The number of hydrogen-bond donors (Lipinski definition) is 1. The monoisotopic (exact) mass is 304 g/mol. The van der Waals surface area contributed by atoms with E-state index in [1.165, 1.54) is 5.56 Å². The molecule has 0 saturated heterocycles. The molecule has 0 aliphatic carbocycles. The number of halogens is 1. The predicted molar refractivity (Wildman–Crippen MR) is 88.6 cm³/mol. The summed E-state index contributed by atoms with van der Waals surface area (Å²) in [7, 11) is 1.68. The van der Waals surface area contributed by atoms with Crippen LogP contribution in [0.4, 0.5) is 5.69 Å². The van der Waals surface area contributed by atoms with E-state index in [0.717, 1.165) is 41.7 Å². The number of benzene rings is 2. The van der Waals surface area contributed by atoms with E-state index in [2.05, 4.69) is 24.0 Å². The van der Waals surface area contributed by atoms with Crippen molar-refractivity contribution >= 4 is 17.3 Å². The zero-order valence-corrected chi connectivity index (χ0v) is 13.2. The second-order valence-electron chi connectivity index (χ2n) is 5.00. The Hall–Kier alpha value is -1.71. The van der Waals surface area contributed by atoms with Crippen LogP contribution in [0.25, 0.3) is 0 Å². The number of hydrogen-bond acceptors (Lipinski definition) is 3. The highest BCUT2D eigenvalue weighted by Crippen LogP contribution is 2.24. The Morgan fingerprint density at radius 2 is 1.81 bits per heavy atom. The molecule has 112 valence electrons. The average Bonchev–Trinajstić information content (AvgIpc) is 2.49. The van der Waals surface area contributed by atoms with Crippen molar-refractivity contribution in [1.29, 1.82) is 0 Å². The molecule has 21 heavy (non-hydrogen) atoms. The van der Waals surface area contributed by atoms with Crippen LogP contribution >= 0.6 is 11.6 Å². The third-order valence-corrected chi connectivity index (χ3v) is 3.70. The molecule has 0 heterocycles. The summed E-state index contributed by atoms with van der Waals surface area (Å²) >= 11 is 6.09. The summed E-state index contributed by atoms with van der Waals surface area (Å²) in [6.07, 6.45) is 0. The van der Waals surface area contributed by atoms with Gasteiger partial charge in [0.15, 0.2) is 0 Å². The van der Waals surface area contributed by atoms with Crippen molar-refractivity contribution in [2.45, 2.75) is 20.0 Å². The fourth-order valence-corrected chi connectivity index (χ4v) is 2.47. The summed E-state index contributed by atoms with van der Waals surface area (Å²) in [6, 6.07) is 13.7. The molecule has 0 unspecified atom stereocenters. The van der Waals surface area contributed by atoms with E-state index in [4.69, 9.17) is 22.1 Å². The fourth-order valence-electron chi connectivity index (χ4n) is 2.27. The largest absolute Gasteiger partial charge is 0.496 e. The van der Waals surface area contributed by atoms with Crippen molar-refractivity contribution in [3.8, 4) is 5.75 Å². The Morgan fingerprint density at radius 1 is 1.10 bits per heavy atom. The molecule has 0 aromatic heterocycles. The zero-order valence-electron chi connectivity index (χ0n) is 12.5. The minimum atomic E-state index is 0.731. The van der Waals surface area contributed by atoms with Gasteiger partial charge < -0.3 is 10.5 Å². The normalized spacial score (nSPS) is 10.9. The molecule has 3 nitrogen and oxygen atoms in total. The van der Waals surface area contributed by atoms with Crippen LogP contribution in [-0.4, -0.2) is 18.6 Å². The Morgan fingerprint density at radius 3 is 2.43 bits per heavy atom. The maximum atomic E-state index is 6.09. The first-order valence-electron chi connectivity index (χ1n) is 7.01. The molecule has 0 amide bonds. The van der Waals surface area contributed by atoms with Gasteiger partial charge in [0.25, 0.3) is 0 Å². The lowest BCUT2D eigenvalue weighted by molar-refractivity contribution is 0.266. The average molecular weight is 305 g/mol. The molecular weight excluding hydrogens is 284 g/mol. The molecule has 2 aromatic rings. The third-order valence-electron chi connectivity index (χ3n) is 3.47. The first-order valence-corrected chi connectivity index (χ1v) is 7.39. The van der Waals surface area contributed by atoms with E-state index in [9.17, 15) is 0 Å².